The zero-order valence-electron chi connectivity index (χ0n) is 16.3. The molecule has 0 saturated carbocycles. The van der Waals surface area contributed by atoms with Crippen molar-refractivity contribution in [1.29, 1.82) is 0 Å². The van der Waals surface area contributed by atoms with Gasteiger partial charge in [-0.3, -0.25) is 4.79 Å². The maximum Gasteiger partial charge on any atom is 0.314 e. The monoisotopic (exact) mass is 372 g/mol. The van der Waals surface area contributed by atoms with Crippen LogP contribution in [0.4, 0.5) is 0 Å². The van der Waals surface area contributed by atoms with Gasteiger partial charge in [0.25, 0.3) is 0 Å². The van der Waals surface area contributed by atoms with Crippen LogP contribution in [0.2, 0.25) is 0 Å². The van der Waals surface area contributed by atoms with Gasteiger partial charge in [-0.25, -0.2) is 0 Å². The van der Waals surface area contributed by atoms with Crippen LogP contribution in [0, 0.1) is 5.92 Å². The first-order chi connectivity index (χ1) is 13.7. The highest BCUT2D eigenvalue weighted by Crippen LogP contribution is 2.35. The number of carbonyl (C=O) groups excluding carboxylic acids is 1. The molecule has 5 rings (SSSR count). The summed E-state index contributed by atoms with van der Waals surface area (Å²) >= 11 is 0. The van der Waals surface area contributed by atoms with Gasteiger partial charge in [-0.2, -0.15) is 0 Å². The Morgan fingerprint density at radius 1 is 1.00 bits per heavy atom. The van der Waals surface area contributed by atoms with Crippen molar-refractivity contribution < 1.29 is 14.4 Å². The molecule has 3 heteroatoms. The molecular formula is C25H26NO2+. The lowest BCUT2D eigenvalue weighted by Crippen LogP contribution is -3.12. The Morgan fingerprint density at radius 2 is 1.71 bits per heavy atom. The molecule has 0 aliphatic carbocycles. The van der Waals surface area contributed by atoms with E-state index < -0.39 is 0 Å². The highest BCUT2D eigenvalue weighted by molar-refractivity contribution is 6.23. The summed E-state index contributed by atoms with van der Waals surface area (Å²) in [5.74, 6) is 0.0265. The quantitative estimate of drug-likeness (QED) is 0.434. The number of piperidine rings is 1. The minimum atomic E-state index is -0.0184. The van der Waals surface area contributed by atoms with E-state index in [9.17, 15) is 4.79 Å². The van der Waals surface area contributed by atoms with Gasteiger partial charge in [0.1, 0.15) is 12.5 Å². The van der Waals surface area contributed by atoms with Gasteiger partial charge in [-0.1, -0.05) is 54.6 Å². The standard InChI is InChI=1S/C25H25NO2/c1-2-28-25(27)21-7-4-14-26(16-21)15-20-11-10-19-9-8-17-5-3-6-18-12-13-22(20)24(19)23(17)18/h3,5-6,8-13,21H,2,4,7,14-16H2,1H3/p+1/t21-/m0/s1. The molecular weight excluding hydrogens is 346 g/mol. The summed E-state index contributed by atoms with van der Waals surface area (Å²) in [4.78, 5) is 13.7. The smallest absolute Gasteiger partial charge is 0.314 e. The molecule has 1 fully saturated rings. The fourth-order valence-corrected chi connectivity index (χ4v) is 4.99. The van der Waals surface area contributed by atoms with Crippen LogP contribution in [-0.4, -0.2) is 25.7 Å². The van der Waals surface area contributed by atoms with Crippen LogP contribution >= 0.6 is 0 Å². The number of carbonyl (C=O) groups is 1. The molecule has 4 aromatic rings. The van der Waals surface area contributed by atoms with Crippen LogP contribution in [0.25, 0.3) is 32.3 Å². The Balaban J connectivity index is 1.52. The average molecular weight is 372 g/mol. The fourth-order valence-electron chi connectivity index (χ4n) is 4.99. The highest BCUT2D eigenvalue weighted by Gasteiger charge is 2.30. The summed E-state index contributed by atoms with van der Waals surface area (Å²) in [7, 11) is 0. The predicted octanol–water partition coefficient (Wildman–Crippen LogP) is 3.94. The molecule has 1 unspecified atom stereocenters. The lowest BCUT2D eigenvalue weighted by atomic mass is 9.91. The number of nitrogens with one attached hydrogen (secondary N) is 1. The molecule has 3 nitrogen and oxygen atoms in total. The molecule has 1 aliphatic heterocycles. The van der Waals surface area contributed by atoms with E-state index in [0.29, 0.717) is 6.61 Å². The van der Waals surface area contributed by atoms with E-state index in [1.807, 2.05) is 6.92 Å². The van der Waals surface area contributed by atoms with Gasteiger partial charge in [0.05, 0.1) is 19.7 Å². The lowest BCUT2D eigenvalue weighted by molar-refractivity contribution is -0.921. The summed E-state index contributed by atoms with van der Waals surface area (Å²) in [5.41, 5.74) is 1.38. The Kier molecular flexibility index (Phi) is 4.40. The van der Waals surface area contributed by atoms with Gasteiger partial charge in [-0.05, 0) is 52.1 Å². The van der Waals surface area contributed by atoms with E-state index in [4.69, 9.17) is 4.74 Å². The third-order valence-corrected chi connectivity index (χ3v) is 6.30. The first kappa shape index (κ1) is 17.4. The van der Waals surface area contributed by atoms with Crippen LogP contribution in [0.1, 0.15) is 25.3 Å². The van der Waals surface area contributed by atoms with Crippen molar-refractivity contribution in [3.8, 4) is 0 Å². The van der Waals surface area contributed by atoms with Gasteiger partial charge in [0.2, 0.25) is 0 Å². The second-order valence-corrected chi connectivity index (χ2v) is 8.05. The number of esters is 1. The van der Waals surface area contributed by atoms with Gasteiger partial charge < -0.3 is 9.64 Å². The molecule has 142 valence electrons. The number of quaternary nitrogens is 1. The van der Waals surface area contributed by atoms with Gasteiger partial charge >= 0.3 is 5.97 Å². The summed E-state index contributed by atoms with van der Waals surface area (Å²) in [5, 5.41) is 8.03. The Bertz CT molecular complexity index is 1130. The topological polar surface area (TPSA) is 30.7 Å². The van der Waals surface area contributed by atoms with Crippen molar-refractivity contribution in [3.05, 3.63) is 60.2 Å². The van der Waals surface area contributed by atoms with E-state index in [-0.39, 0.29) is 11.9 Å². The first-order valence-corrected chi connectivity index (χ1v) is 10.4. The van der Waals surface area contributed by atoms with Crippen molar-refractivity contribution >= 4 is 38.3 Å². The number of rotatable bonds is 4. The van der Waals surface area contributed by atoms with Crippen molar-refractivity contribution in [2.45, 2.75) is 26.3 Å². The molecule has 28 heavy (non-hydrogen) atoms. The van der Waals surface area contributed by atoms with Crippen molar-refractivity contribution in [2.24, 2.45) is 5.92 Å². The van der Waals surface area contributed by atoms with Crippen LogP contribution < -0.4 is 4.90 Å². The molecule has 4 aromatic carbocycles. The van der Waals surface area contributed by atoms with Crippen LogP contribution in [0.3, 0.4) is 0 Å². The zero-order chi connectivity index (χ0) is 19.1. The highest BCUT2D eigenvalue weighted by atomic mass is 16.5. The molecule has 1 N–H and O–H groups in total. The van der Waals surface area contributed by atoms with E-state index in [0.717, 1.165) is 32.5 Å². The molecule has 0 amide bonds. The number of likely N-dealkylation sites (tertiary alicyclic amines) is 1. The molecule has 0 radical (unpaired) electrons. The summed E-state index contributed by atoms with van der Waals surface area (Å²) < 4.78 is 5.27. The number of hydrogen-bond donors (Lipinski definition) is 1. The maximum atomic E-state index is 12.2. The van der Waals surface area contributed by atoms with Gasteiger partial charge in [0, 0.05) is 5.56 Å². The number of ether oxygens (including phenoxy) is 1. The van der Waals surface area contributed by atoms with E-state index in [2.05, 4.69) is 54.6 Å². The molecule has 1 aliphatic rings. The normalized spacial score (nSPS) is 20.2. The zero-order valence-corrected chi connectivity index (χ0v) is 16.3. The summed E-state index contributed by atoms with van der Waals surface area (Å²) in [6.45, 7) is 5.32. The van der Waals surface area contributed by atoms with E-state index >= 15 is 0 Å². The largest absolute Gasteiger partial charge is 0.466 e. The Hall–Kier alpha value is -2.65. The third-order valence-electron chi connectivity index (χ3n) is 6.30. The molecule has 2 atom stereocenters. The summed E-state index contributed by atoms with van der Waals surface area (Å²) in [6, 6.07) is 20.1. The lowest BCUT2D eigenvalue weighted by Gasteiger charge is -2.29. The molecule has 0 aromatic heterocycles. The first-order valence-electron chi connectivity index (χ1n) is 10.4. The van der Waals surface area contributed by atoms with Gasteiger partial charge in [-0.15, -0.1) is 0 Å². The second-order valence-electron chi connectivity index (χ2n) is 8.05. The van der Waals surface area contributed by atoms with Crippen molar-refractivity contribution in [3.63, 3.8) is 0 Å². The van der Waals surface area contributed by atoms with Crippen molar-refractivity contribution in [1.82, 2.24) is 0 Å². The molecule has 0 bridgehead atoms. The predicted molar refractivity (Wildman–Crippen MR) is 114 cm³/mol. The van der Waals surface area contributed by atoms with Crippen LogP contribution in [0.15, 0.2) is 54.6 Å². The Morgan fingerprint density at radius 3 is 2.50 bits per heavy atom. The average Bonchev–Trinajstić information content (AvgIpc) is 2.73. The number of benzene rings is 4. The second kappa shape index (κ2) is 7.06. The van der Waals surface area contributed by atoms with Crippen LogP contribution in [0.5, 0.6) is 0 Å². The van der Waals surface area contributed by atoms with E-state index in [1.54, 1.807) is 0 Å². The minimum absolute atomic E-state index is 0.0184. The SMILES string of the molecule is CCOC(=O)[C@H]1CCC[NH+](Cc2ccc3ccc4cccc5ccc2c3c45)C1. The minimum Gasteiger partial charge on any atom is -0.466 e. The molecule has 0 spiro atoms. The fraction of sp³-hybridized carbons (Fsp3) is 0.320. The molecule has 1 heterocycles. The Labute approximate surface area is 165 Å². The molecule has 1 saturated heterocycles. The number of hydrogen-bond acceptors (Lipinski definition) is 2. The summed E-state index contributed by atoms with van der Waals surface area (Å²) in [6.07, 6.45) is 2.05. The third kappa shape index (κ3) is 2.91. The van der Waals surface area contributed by atoms with Crippen LogP contribution in [-0.2, 0) is 16.1 Å². The van der Waals surface area contributed by atoms with E-state index in [1.165, 1.54) is 42.8 Å². The maximum absolute atomic E-state index is 12.2. The van der Waals surface area contributed by atoms with Crippen molar-refractivity contribution in [2.75, 3.05) is 19.7 Å². The van der Waals surface area contributed by atoms with Gasteiger partial charge in [0.15, 0.2) is 0 Å².